The molecule has 0 spiro atoms. The topological polar surface area (TPSA) is 62.3 Å². The summed E-state index contributed by atoms with van der Waals surface area (Å²) in [5.41, 5.74) is 2.21. The molecule has 2 aromatic rings. The molecule has 1 atom stereocenters. The van der Waals surface area contributed by atoms with Crippen molar-refractivity contribution in [2.45, 2.75) is 24.4 Å². The van der Waals surface area contributed by atoms with Gasteiger partial charge in [-0.1, -0.05) is 12.1 Å². The van der Waals surface area contributed by atoms with Crippen LogP contribution in [0.5, 0.6) is 0 Å². The fourth-order valence-corrected chi connectivity index (χ4v) is 2.93. The van der Waals surface area contributed by atoms with Gasteiger partial charge >= 0.3 is 0 Å². The first-order chi connectivity index (χ1) is 10.4. The number of nitrogens with one attached hydrogen (secondary N) is 1. The maximum Gasteiger partial charge on any atom is 0.242 e. The van der Waals surface area contributed by atoms with Gasteiger partial charge in [-0.3, -0.25) is 4.98 Å². The molecule has 0 aliphatic carbocycles. The fraction of sp³-hybridized carbons (Fsp3) is 0.312. The number of nitrogens with zero attached hydrogens (tertiary/aromatic N) is 2. The molecule has 6 heteroatoms. The molecule has 118 valence electrons. The molecular formula is C16H21N3O2S. The molecule has 0 aliphatic heterocycles. The predicted molar refractivity (Wildman–Crippen MR) is 86.8 cm³/mol. The Morgan fingerprint density at radius 1 is 1.09 bits per heavy atom. The molecule has 1 unspecified atom stereocenters. The summed E-state index contributed by atoms with van der Waals surface area (Å²) in [7, 11) is -0.309. The summed E-state index contributed by atoms with van der Waals surface area (Å²) in [5.74, 6) is 0. The first kappa shape index (κ1) is 16.6. The second-order valence-corrected chi connectivity index (χ2v) is 7.47. The van der Waals surface area contributed by atoms with E-state index >= 15 is 0 Å². The molecule has 1 aromatic carbocycles. The summed E-state index contributed by atoms with van der Waals surface area (Å²) in [4.78, 5) is 4.30. The first-order valence-electron chi connectivity index (χ1n) is 7.06. The standard InChI is InChI=1S/C16H21N3O2S/c1-13(18-12-14-8-10-17-11-9-14)15-4-6-16(7-5-15)22(20,21)19(2)3/h4-11,13,18H,12H2,1-3H3. The number of hydrogen-bond acceptors (Lipinski definition) is 4. The highest BCUT2D eigenvalue weighted by atomic mass is 32.2. The monoisotopic (exact) mass is 319 g/mol. The van der Waals surface area contributed by atoms with Crippen LogP contribution in [-0.4, -0.2) is 31.8 Å². The third kappa shape index (κ3) is 3.91. The van der Waals surface area contributed by atoms with Gasteiger partial charge in [0.15, 0.2) is 0 Å². The van der Waals surface area contributed by atoms with E-state index in [-0.39, 0.29) is 6.04 Å². The summed E-state index contributed by atoms with van der Waals surface area (Å²) >= 11 is 0. The summed E-state index contributed by atoms with van der Waals surface area (Å²) in [6, 6.07) is 11.1. The third-order valence-corrected chi connectivity index (χ3v) is 5.35. The number of sulfonamides is 1. The van der Waals surface area contributed by atoms with Gasteiger partial charge in [0.1, 0.15) is 0 Å². The Balaban J connectivity index is 2.04. The number of benzene rings is 1. The van der Waals surface area contributed by atoms with Gasteiger partial charge in [0.2, 0.25) is 10.0 Å². The van der Waals surface area contributed by atoms with Crippen LogP contribution in [-0.2, 0) is 16.6 Å². The zero-order valence-electron chi connectivity index (χ0n) is 13.0. The molecule has 0 radical (unpaired) electrons. The molecule has 0 amide bonds. The molecule has 0 fully saturated rings. The van der Waals surface area contributed by atoms with E-state index in [1.807, 2.05) is 24.3 Å². The van der Waals surface area contributed by atoms with Gasteiger partial charge in [-0.15, -0.1) is 0 Å². The molecule has 0 aliphatic rings. The summed E-state index contributed by atoms with van der Waals surface area (Å²) in [6.45, 7) is 2.79. The van der Waals surface area contributed by atoms with E-state index in [1.165, 1.54) is 18.4 Å². The largest absolute Gasteiger partial charge is 0.306 e. The minimum Gasteiger partial charge on any atom is -0.306 e. The van der Waals surface area contributed by atoms with Crippen molar-refractivity contribution in [3.8, 4) is 0 Å². The van der Waals surface area contributed by atoms with Crippen LogP contribution in [0.3, 0.4) is 0 Å². The van der Waals surface area contributed by atoms with Gasteiger partial charge in [-0.05, 0) is 42.3 Å². The Morgan fingerprint density at radius 2 is 1.68 bits per heavy atom. The highest BCUT2D eigenvalue weighted by molar-refractivity contribution is 7.89. The summed E-state index contributed by atoms with van der Waals surface area (Å²) in [5, 5.41) is 3.41. The fourth-order valence-electron chi connectivity index (χ4n) is 2.03. The van der Waals surface area contributed by atoms with Crippen LogP contribution in [0.1, 0.15) is 24.1 Å². The van der Waals surface area contributed by atoms with Gasteiger partial charge in [-0.25, -0.2) is 12.7 Å². The minimum absolute atomic E-state index is 0.129. The van der Waals surface area contributed by atoms with Crippen LogP contribution in [0.4, 0.5) is 0 Å². The molecule has 1 aromatic heterocycles. The predicted octanol–water partition coefficient (Wildman–Crippen LogP) is 2.18. The van der Waals surface area contributed by atoms with E-state index in [0.717, 1.165) is 17.7 Å². The van der Waals surface area contributed by atoms with E-state index in [2.05, 4.69) is 17.2 Å². The maximum absolute atomic E-state index is 12.0. The molecule has 0 saturated heterocycles. The van der Waals surface area contributed by atoms with E-state index in [0.29, 0.717) is 4.90 Å². The lowest BCUT2D eigenvalue weighted by molar-refractivity contribution is 0.520. The van der Waals surface area contributed by atoms with Gasteiger partial charge in [0.05, 0.1) is 4.90 Å². The molecular weight excluding hydrogens is 298 g/mol. The highest BCUT2D eigenvalue weighted by Crippen LogP contribution is 2.18. The second kappa shape index (κ2) is 7.00. The van der Waals surface area contributed by atoms with Gasteiger partial charge in [0, 0.05) is 39.1 Å². The van der Waals surface area contributed by atoms with E-state index in [4.69, 9.17) is 0 Å². The van der Waals surface area contributed by atoms with Crippen molar-refractivity contribution in [2.24, 2.45) is 0 Å². The number of rotatable bonds is 6. The number of pyridine rings is 1. The van der Waals surface area contributed by atoms with E-state index in [1.54, 1.807) is 24.5 Å². The van der Waals surface area contributed by atoms with Crippen molar-refractivity contribution in [2.75, 3.05) is 14.1 Å². The molecule has 5 nitrogen and oxygen atoms in total. The van der Waals surface area contributed by atoms with Gasteiger partial charge in [-0.2, -0.15) is 0 Å². The lowest BCUT2D eigenvalue weighted by Gasteiger charge is -2.16. The Hall–Kier alpha value is -1.76. The lowest BCUT2D eigenvalue weighted by Crippen LogP contribution is -2.22. The number of aromatic nitrogens is 1. The SMILES string of the molecule is CC(NCc1ccncc1)c1ccc(S(=O)(=O)N(C)C)cc1. The van der Waals surface area contributed by atoms with Crippen molar-refractivity contribution in [3.05, 3.63) is 59.9 Å². The molecule has 2 rings (SSSR count). The van der Waals surface area contributed by atoms with Crippen LogP contribution >= 0.6 is 0 Å². The second-order valence-electron chi connectivity index (χ2n) is 5.31. The first-order valence-corrected chi connectivity index (χ1v) is 8.50. The highest BCUT2D eigenvalue weighted by Gasteiger charge is 2.17. The Kier molecular flexibility index (Phi) is 5.28. The lowest BCUT2D eigenvalue weighted by atomic mass is 10.1. The van der Waals surface area contributed by atoms with Crippen molar-refractivity contribution in [1.82, 2.24) is 14.6 Å². The van der Waals surface area contributed by atoms with Crippen LogP contribution in [0.2, 0.25) is 0 Å². The quantitative estimate of drug-likeness (QED) is 0.886. The molecule has 1 heterocycles. The molecule has 0 bridgehead atoms. The minimum atomic E-state index is -3.37. The zero-order valence-corrected chi connectivity index (χ0v) is 13.8. The van der Waals surface area contributed by atoms with Crippen LogP contribution in [0, 0.1) is 0 Å². The van der Waals surface area contributed by atoms with Crippen molar-refractivity contribution < 1.29 is 8.42 Å². The van der Waals surface area contributed by atoms with Crippen LogP contribution < -0.4 is 5.32 Å². The Bertz CT molecular complexity index is 698. The summed E-state index contributed by atoms with van der Waals surface area (Å²) < 4.78 is 25.3. The maximum atomic E-state index is 12.0. The van der Waals surface area contributed by atoms with Crippen LogP contribution in [0.15, 0.2) is 53.7 Å². The van der Waals surface area contributed by atoms with Crippen LogP contribution in [0.25, 0.3) is 0 Å². The Labute approximate surface area is 132 Å². The normalized spacial score (nSPS) is 13.3. The zero-order chi connectivity index (χ0) is 16.2. The van der Waals surface area contributed by atoms with Gasteiger partial charge in [0.25, 0.3) is 0 Å². The van der Waals surface area contributed by atoms with E-state index < -0.39 is 10.0 Å². The average Bonchev–Trinajstić information content (AvgIpc) is 2.53. The van der Waals surface area contributed by atoms with Crippen molar-refractivity contribution in [3.63, 3.8) is 0 Å². The third-order valence-electron chi connectivity index (χ3n) is 3.52. The van der Waals surface area contributed by atoms with Crippen molar-refractivity contribution in [1.29, 1.82) is 0 Å². The average molecular weight is 319 g/mol. The van der Waals surface area contributed by atoms with Crippen molar-refractivity contribution >= 4 is 10.0 Å². The summed E-state index contributed by atoms with van der Waals surface area (Å²) in [6.07, 6.45) is 3.53. The van der Waals surface area contributed by atoms with Gasteiger partial charge < -0.3 is 5.32 Å². The molecule has 0 saturated carbocycles. The molecule has 22 heavy (non-hydrogen) atoms. The number of hydrogen-bond donors (Lipinski definition) is 1. The van der Waals surface area contributed by atoms with E-state index in [9.17, 15) is 8.42 Å². The molecule has 1 N–H and O–H groups in total. The Morgan fingerprint density at radius 3 is 2.23 bits per heavy atom. The smallest absolute Gasteiger partial charge is 0.242 e.